The van der Waals surface area contributed by atoms with Crippen LogP contribution in [0, 0.1) is 0 Å². The van der Waals surface area contributed by atoms with Gasteiger partial charge >= 0.3 is 0 Å². The summed E-state index contributed by atoms with van der Waals surface area (Å²) in [6.07, 6.45) is 7.52. The molecule has 6 rings (SSSR count). The number of aliphatic hydroxyl groups excluding tert-OH is 1. The Balaban J connectivity index is 1.27. The van der Waals surface area contributed by atoms with Crippen LogP contribution in [0.2, 0.25) is 5.02 Å². The second-order valence-electron chi connectivity index (χ2n) is 8.62. The summed E-state index contributed by atoms with van der Waals surface area (Å²) in [5.74, 6) is 1.85. The number of hydrogen-bond acceptors (Lipinski definition) is 8. The van der Waals surface area contributed by atoms with Gasteiger partial charge in [0.05, 0.1) is 16.7 Å². The normalized spacial score (nSPS) is 11.2. The minimum atomic E-state index is 0.106. The minimum Gasteiger partial charge on any atom is -0.455 e. The van der Waals surface area contributed by atoms with Gasteiger partial charge in [-0.2, -0.15) is 0 Å². The number of aryl methyl sites for hydroxylation is 1. The highest BCUT2D eigenvalue weighted by atomic mass is 35.5. The molecule has 9 nitrogen and oxygen atoms in total. The molecule has 0 radical (unpaired) electrons. The Bertz CT molecular complexity index is 1750. The molecule has 0 atom stereocenters. The molecule has 0 saturated heterocycles. The van der Waals surface area contributed by atoms with E-state index in [1.54, 1.807) is 23.1 Å². The molecule has 0 aliphatic rings. The molecule has 3 aromatic carbocycles. The number of aromatic nitrogens is 6. The third kappa shape index (κ3) is 4.84. The molecule has 2 N–H and O–H groups in total. The summed E-state index contributed by atoms with van der Waals surface area (Å²) >= 11 is 6.61. The van der Waals surface area contributed by atoms with E-state index in [4.69, 9.17) is 21.4 Å². The van der Waals surface area contributed by atoms with E-state index in [9.17, 15) is 0 Å². The van der Waals surface area contributed by atoms with Crippen molar-refractivity contribution in [3.05, 3.63) is 90.6 Å². The number of pyridine rings is 1. The van der Waals surface area contributed by atoms with Crippen molar-refractivity contribution in [2.75, 3.05) is 11.9 Å². The van der Waals surface area contributed by atoms with Crippen LogP contribution in [0.5, 0.6) is 11.5 Å². The summed E-state index contributed by atoms with van der Waals surface area (Å²) in [6.45, 7) is 0.708. The second kappa shape index (κ2) is 10.4. The van der Waals surface area contributed by atoms with E-state index in [0.717, 1.165) is 38.6 Å². The minimum absolute atomic E-state index is 0.106. The van der Waals surface area contributed by atoms with E-state index in [1.165, 1.54) is 6.33 Å². The first-order valence-electron chi connectivity index (χ1n) is 12.0. The lowest BCUT2D eigenvalue weighted by Gasteiger charge is -2.13. The number of rotatable bonds is 8. The second-order valence-corrected chi connectivity index (χ2v) is 9.03. The number of ether oxygens (including phenoxy) is 1. The van der Waals surface area contributed by atoms with Gasteiger partial charge in [-0.1, -0.05) is 35.0 Å². The number of hydrogen-bond donors (Lipinski definition) is 2. The number of nitrogens with zero attached hydrogens (tertiary/aromatic N) is 6. The highest BCUT2D eigenvalue weighted by Gasteiger charge is 2.12. The largest absolute Gasteiger partial charge is 0.455 e. The van der Waals surface area contributed by atoms with Crippen molar-refractivity contribution < 1.29 is 9.84 Å². The van der Waals surface area contributed by atoms with Gasteiger partial charge in [0.15, 0.2) is 0 Å². The Labute approximate surface area is 222 Å². The summed E-state index contributed by atoms with van der Waals surface area (Å²) in [7, 11) is 0. The van der Waals surface area contributed by atoms with E-state index in [2.05, 4.69) is 30.6 Å². The first-order valence-corrected chi connectivity index (χ1v) is 12.4. The van der Waals surface area contributed by atoms with Crippen LogP contribution in [0.15, 0.2) is 85.6 Å². The number of anilines is 2. The van der Waals surface area contributed by atoms with Crippen molar-refractivity contribution in [2.24, 2.45) is 0 Å². The highest BCUT2D eigenvalue weighted by molar-refractivity contribution is 6.32. The van der Waals surface area contributed by atoms with Crippen LogP contribution in [0.1, 0.15) is 6.42 Å². The van der Waals surface area contributed by atoms with Crippen molar-refractivity contribution in [1.82, 2.24) is 29.9 Å². The van der Waals surface area contributed by atoms with E-state index in [-0.39, 0.29) is 6.61 Å². The Kier molecular flexibility index (Phi) is 6.51. The molecule has 38 heavy (non-hydrogen) atoms. The van der Waals surface area contributed by atoms with Gasteiger partial charge in [-0.15, -0.1) is 5.10 Å². The smallest absolute Gasteiger partial charge is 0.146 e. The molecule has 0 aliphatic carbocycles. The fourth-order valence-corrected chi connectivity index (χ4v) is 4.40. The molecule has 0 spiro atoms. The van der Waals surface area contributed by atoms with Crippen LogP contribution in [0.25, 0.3) is 32.9 Å². The van der Waals surface area contributed by atoms with Gasteiger partial charge in [0.1, 0.15) is 29.3 Å². The van der Waals surface area contributed by atoms with Crippen LogP contribution < -0.4 is 10.1 Å². The Morgan fingerprint density at radius 2 is 1.92 bits per heavy atom. The predicted molar refractivity (Wildman–Crippen MR) is 147 cm³/mol. The summed E-state index contributed by atoms with van der Waals surface area (Å²) < 4.78 is 7.85. The number of fused-ring (bicyclic) bond motifs is 2. The number of aliphatic hydroxyl groups is 1. The van der Waals surface area contributed by atoms with E-state index in [1.807, 2.05) is 60.8 Å². The molecule has 0 fully saturated rings. The molecule has 0 saturated carbocycles. The topological polar surface area (TPSA) is 111 Å². The van der Waals surface area contributed by atoms with Crippen molar-refractivity contribution >= 4 is 44.8 Å². The molecule has 3 heterocycles. The molecule has 10 heteroatoms. The van der Waals surface area contributed by atoms with Crippen molar-refractivity contribution in [1.29, 1.82) is 0 Å². The van der Waals surface area contributed by atoms with Gasteiger partial charge in [-0.3, -0.25) is 9.67 Å². The third-order valence-corrected chi connectivity index (χ3v) is 6.37. The van der Waals surface area contributed by atoms with E-state index >= 15 is 0 Å². The molecular weight excluding hydrogens is 502 g/mol. The van der Waals surface area contributed by atoms with Gasteiger partial charge < -0.3 is 15.2 Å². The van der Waals surface area contributed by atoms with Crippen molar-refractivity contribution in [3.8, 4) is 22.8 Å². The van der Waals surface area contributed by atoms with Crippen LogP contribution in [-0.2, 0) is 6.54 Å². The quantitative estimate of drug-likeness (QED) is 0.249. The first kappa shape index (κ1) is 23.8. The van der Waals surface area contributed by atoms with Crippen LogP contribution >= 0.6 is 11.6 Å². The Hall–Kier alpha value is -4.60. The van der Waals surface area contributed by atoms with Gasteiger partial charge in [0.25, 0.3) is 0 Å². The molecular formula is C28H22ClN7O2. The van der Waals surface area contributed by atoms with Crippen LogP contribution in [0.3, 0.4) is 0 Å². The average Bonchev–Trinajstić information content (AvgIpc) is 3.42. The zero-order chi connectivity index (χ0) is 25.9. The number of halogens is 1. The Morgan fingerprint density at radius 3 is 2.82 bits per heavy atom. The third-order valence-electron chi connectivity index (χ3n) is 6.07. The molecule has 0 unspecified atom stereocenters. The lowest BCUT2D eigenvalue weighted by Crippen LogP contribution is -2.00. The maximum absolute atomic E-state index is 9.06. The standard InChI is InChI=1S/C28H22ClN7O2/c29-23-14-20(6-8-27(23)38-26-4-1-3-18-9-10-30-15-22(18)26)33-28-21-13-19(5-7-24(21)31-17-32-28)25-16-36(35-34-25)11-2-12-37/h1,3-10,13-17,37H,2,11-12H2,(H,31,32,33). The summed E-state index contributed by atoms with van der Waals surface area (Å²) in [6, 6.07) is 19.1. The van der Waals surface area contributed by atoms with Crippen LogP contribution in [-0.4, -0.2) is 41.7 Å². The molecule has 188 valence electrons. The fraction of sp³-hybridized carbons (Fsp3) is 0.107. The van der Waals surface area contributed by atoms with Gasteiger partial charge in [0, 0.05) is 47.6 Å². The maximum Gasteiger partial charge on any atom is 0.146 e. The van der Waals surface area contributed by atoms with Gasteiger partial charge in [0.2, 0.25) is 0 Å². The lowest BCUT2D eigenvalue weighted by molar-refractivity contribution is 0.276. The fourth-order valence-electron chi connectivity index (χ4n) is 4.18. The van der Waals surface area contributed by atoms with Gasteiger partial charge in [-0.25, -0.2) is 9.97 Å². The molecule has 3 aromatic heterocycles. The van der Waals surface area contributed by atoms with E-state index < -0.39 is 0 Å². The molecule has 0 amide bonds. The monoisotopic (exact) mass is 523 g/mol. The average molecular weight is 524 g/mol. The van der Waals surface area contributed by atoms with Crippen LogP contribution in [0.4, 0.5) is 11.5 Å². The highest BCUT2D eigenvalue weighted by Crippen LogP contribution is 2.36. The maximum atomic E-state index is 9.06. The van der Waals surface area contributed by atoms with Crippen molar-refractivity contribution in [2.45, 2.75) is 13.0 Å². The zero-order valence-corrected chi connectivity index (χ0v) is 20.9. The molecule has 6 aromatic rings. The summed E-state index contributed by atoms with van der Waals surface area (Å²) in [4.78, 5) is 13.1. The Morgan fingerprint density at radius 1 is 0.974 bits per heavy atom. The van der Waals surface area contributed by atoms with Gasteiger partial charge in [-0.05, 0) is 54.3 Å². The first-order chi connectivity index (χ1) is 18.7. The molecule has 0 aliphatic heterocycles. The predicted octanol–water partition coefficient (Wildman–Crippen LogP) is 6.01. The SMILES string of the molecule is OCCCn1cc(-c2ccc3ncnc(Nc4ccc(Oc5cccc6ccncc56)c(Cl)c4)c3c2)nn1. The summed E-state index contributed by atoms with van der Waals surface area (Å²) in [5.41, 5.74) is 3.15. The number of benzene rings is 3. The molecule has 0 bridgehead atoms. The van der Waals surface area contributed by atoms with E-state index in [0.29, 0.717) is 35.3 Å². The number of nitrogens with one attached hydrogen (secondary N) is 1. The van der Waals surface area contributed by atoms with Crippen molar-refractivity contribution in [3.63, 3.8) is 0 Å². The zero-order valence-electron chi connectivity index (χ0n) is 20.1. The summed E-state index contributed by atoms with van der Waals surface area (Å²) in [5, 5.41) is 24.0. The lowest BCUT2D eigenvalue weighted by atomic mass is 10.1.